The number of hydrogen-bond donors (Lipinski definition) is 5. The highest BCUT2D eigenvalue weighted by atomic mass is 35.5. The minimum atomic E-state index is 0.0656. The van der Waals surface area contributed by atoms with Crippen LogP contribution < -0.4 is 22.1 Å². The van der Waals surface area contributed by atoms with Gasteiger partial charge in [-0.05, 0) is 35.9 Å². The molecule has 2 heterocycles. The van der Waals surface area contributed by atoms with E-state index in [0.717, 1.165) is 22.3 Å². The lowest BCUT2D eigenvalue weighted by Gasteiger charge is -2.09. The Morgan fingerprint density at radius 2 is 1.86 bits per heavy atom. The fourth-order valence-corrected chi connectivity index (χ4v) is 2.95. The van der Waals surface area contributed by atoms with Crippen molar-refractivity contribution in [2.24, 2.45) is 16.5 Å². The van der Waals surface area contributed by atoms with E-state index < -0.39 is 0 Å². The van der Waals surface area contributed by atoms with E-state index in [2.05, 4.69) is 35.8 Å². The van der Waals surface area contributed by atoms with Crippen LogP contribution in [-0.2, 0) is 6.54 Å². The van der Waals surface area contributed by atoms with Gasteiger partial charge in [0.05, 0.1) is 6.54 Å². The molecule has 0 aliphatic heterocycles. The molecule has 0 spiro atoms. The first-order chi connectivity index (χ1) is 14.1. The first kappa shape index (κ1) is 18.5. The number of nitrogens with one attached hydrogen (secondary N) is 3. The molecule has 0 saturated carbocycles. The molecular weight excluding hydrogens is 390 g/mol. The van der Waals surface area contributed by atoms with Gasteiger partial charge in [-0.2, -0.15) is 5.10 Å². The van der Waals surface area contributed by atoms with Crippen molar-refractivity contribution >= 4 is 51.6 Å². The van der Waals surface area contributed by atoms with Gasteiger partial charge in [0.2, 0.25) is 0 Å². The van der Waals surface area contributed by atoms with Crippen molar-refractivity contribution in [1.29, 1.82) is 0 Å². The number of anilines is 4. The molecule has 0 atom stereocenters. The highest BCUT2D eigenvalue weighted by Crippen LogP contribution is 2.30. The molecule has 2 aromatic carbocycles. The van der Waals surface area contributed by atoms with Gasteiger partial charge in [-0.25, -0.2) is 15.0 Å². The van der Waals surface area contributed by atoms with Gasteiger partial charge < -0.3 is 22.1 Å². The number of fused-ring (bicyclic) bond motifs is 1. The van der Waals surface area contributed by atoms with Gasteiger partial charge >= 0.3 is 0 Å². The summed E-state index contributed by atoms with van der Waals surface area (Å²) in [4.78, 5) is 12.6. The zero-order valence-electron chi connectivity index (χ0n) is 15.2. The Morgan fingerprint density at radius 3 is 2.62 bits per heavy atom. The number of nitrogens with zero attached hydrogens (tertiary/aromatic N) is 4. The minimum Gasteiger partial charge on any atom is -0.370 e. The Labute approximate surface area is 171 Å². The number of rotatable bonds is 6. The van der Waals surface area contributed by atoms with Crippen LogP contribution in [-0.4, -0.2) is 26.1 Å². The molecule has 29 heavy (non-hydrogen) atoms. The molecule has 0 aliphatic carbocycles. The smallest absolute Gasteiger partial charge is 0.188 e. The molecule has 2 aromatic heterocycles. The van der Waals surface area contributed by atoms with Gasteiger partial charge in [0.25, 0.3) is 0 Å². The topological polar surface area (TPSA) is 143 Å². The molecule has 10 heteroatoms. The lowest BCUT2D eigenvalue weighted by atomic mass is 10.2. The molecule has 0 radical (unpaired) electrons. The maximum Gasteiger partial charge on any atom is 0.188 e. The number of nitrogens with two attached hydrogens (primary N) is 2. The SMILES string of the molecule is NC(N)=NCc1ccc(Nc2[nH]nc3ncnc(Nc4cccc(Cl)c4)c23)cc1. The normalized spacial score (nSPS) is 10.7. The quantitative estimate of drug-likeness (QED) is 0.244. The largest absolute Gasteiger partial charge is 0.370 e. The number of hydrogen-bond acceptors (Lipinski definition) is 6. The summed E-state index contributed by atoms with van der Waals surface area (Å²) in [5.41, 5.74) is 13.9. The van der Waals surface area contributed by atoms with Crippen LogP contribution in [0.3, 0.4) is 0 Å². The number of benzene rings is 2. The number of aromatic amines is 1. The number of guanidine groups is 1. The van der Waals surface area contributed by atoms with Crippen LogP contribution in [0.5, 0.6) is 0 Å². The van der Waals surface area contributed by atoms with Gasteiger partial charge in [0.1, 0.15) is 23.3 Å². The van der Waals surface area contributed by atoms with E-state index in [4.69, 9.17) is 23.1 Å². The fourth-order valence-electron chi connectivity index (χ4n) is 2.76. The molecule has 0 saturated heterocycles. The molecule has 4 rings (SSSR count). The van der Waals surface area contributed by atoms with Crippen molar-refractivity contribution in [1.82, 2.24) is 20.2 Å². The Kier molecular flexibility index (Phi) is 5.12. The maximum absolute atomic E-state index is 6.07. The molecule has 7 N–H and O–H groups in total. The average Bonchev–Trinajstić information content (AvgIpc) is 3.11. The molecule has 0 amide bonds. The predicted octanol–water partition coefficient (Wildman–Crippen LogP) is 3.27. The summed E-state index contributed by atoms with van der Waals surface area (Å²) in [5, 5.41) is 15.2. The molecule has 4 aromatic rings. The van der Waals surface area contributed by atoms with Crippen molar-refractivity contribution in [2.75, 3.05) is 10.6 Å². The lowest BCUT2D eigenvalue weighted by molar-refractivity contribution is 1.05. The second kappa shape index (κ2) is 8.03. The predicted molar refractivity (Wildman–Crippen MR) is 116 cm³/mol. The van der Waals surface area contributed by atoms with Crippen LogP contribution in [0.4, 0.5) is 23.0 Å². The van der Waals surface area contributed by atoms with Crippen molar-refractivity contribution in [3.63, 3.8) is 0 Å². The minimum absolute atomic E-state index is 0.0656. The first-order valence-corrected chi connectivity index (χ1v) is 9.09. The third-order valence-corrected chi connectivity index (χ3v) is 4.34. The van der Waals surface area contributed by atoms with Crippen LogP contribution in [0.2, 0.25) is 5.02 Å². The number of halogens is 1. The Hall–Kier alpha value is -3.85. The van der Waals surface area contributed by atoms with E-state index in [1.54, 1.807) is 0 Å². The van der Waals surface area contributed by atoms with E-state index >= 15 is 0 Å². The maximum atomic E-state index is 6.07. The summed E-state index contributed by atoms with van der Waals surface area (Å²) < 4.78 is 0. The van der Waals surface area contributed by atoms with Crippen LogP contribution in [0, 0.1) is 0 Å². The summed E-state index contributed by atoms with van der Waals surface area (Å²) in [7, 11) is 0. The van der Waals surface area contributed by atoms with Gasteiger partial charge in [0, 0.05) is 16.4 Å². The van der Waals surface area contributed by atoms with E-state index in [9.17, 15) is 0 Å². The molecular formula is C19H18ClN9. The van der Waals surface area contributed by atoms with Crippen LogP contribution in [0.15, 0.2) is 59.9 Å². The standard InChI is InChI=1S/C19H18ClN9/c20-12-2-1-3-14(8-12)27-16-15-17(25-10-24-16)28-29-18(15)26-13-6-4-11(5-7-13)9-23-19(21)22/h1-8,10H,9H2,(H4,21,22,23)(H3,24,25,26,27,28,29). The third-order valence-electron chi connectivity index (χ3n) is 4.11. The molecule has 0 bridgehead atoms. The van der Waals surface area contributed by atoms with Crippen LogP contribution >= 0.6 is 11.6 Å². The van der Waals surface area contributed by atoms with Crippen molar-refractivity contribution in [3.8, 4) is 0 Å². The third kappa shape index (κ3) is 4.36. The monoisotopic (exact) mass is 407 g/mol. The number of aliphatic imine (C=N–C) groups is 1. The average molecular weight is 408 g/mol. The first-order valence-electron chi connectivity index (χ1n) is 8.71. The van der Waals surface area contributed by atoms with Gasteiger partial charge in [-0.3, -0.25) is 5.10 Å². The highest BCUT2D eigenvalue weighted by Gasteiger charge is 2.13. The molecule has 0 unspecified atom stereocenters. The van der Waals surface area contributed by atoms with Crippen LogP contribution in [0.25, 0.3) is 11.0 Å². The zero-order chi connectivity index (χ0) is 20.2. The Balaban J connectivity index is 1.60. The zero-order valence-corrected chi connectivity index (χ0v) is 16.0. The van der Waals surface area contributed by atoms with Gasteiger partial charge in [0.15, 0.2) is 11.6 Å². The molecule has 0 aliphatic rings. The molecule has 0 fully saturated rings. The van der Waals surface area contributed by atoms with Gasteiger partial charge in [-0.15, -0.1) is 0 Å². The summed E-state index contributed by atoms with van der Waals surface area (Å²) in [6.07, 6.45) is 1.46. The van der Waals surface area contributed by atoms with E-state index in [-0.39, 0.29) is 5.96 Å². The second-order valence-electron chi connectivity index (χ2n) is 6.22. The van der Waals surface area contributed by atoms with E-state index in [0.29, 0.717) is 28.9 Å². The Morgan fingerprint density at radius 1 is 1.03 bits per heavy atom. The summed E-state index contributed by atoms with van der Waals surface area (Å²) in [6, 6.07) is 15.1. The van der Waals surface area contributed by atoms with Crippen LogP contribution in [0.1, 0.15) is 5.56 Å². The van der Waals surface area contributed by atoms with Crippen molar-refractivity contribution in [2.45, 2.75) is 6.54 Å². The highest BCUT2D eigenvalue weighted by molar-refractivity contribution is 6.30. The fraction of sp³-hybridized carbons (Fsp3) is 0.0526. The lowest BCUT2D eigenvalue weighted by Crippen LogP contribution is -2.22. The summed E-state index contributed by atoms with van der Waals surface area (Å²) >= 11 is 6.07. The van der Waals surface area contributed by atoms with E-state index in [1.807, 2.05) is 48.5 Å². The number of aromatic nitrogens is 4. The molecule has 9 nitrogen and oxygen atoms in total. The van der Waals surface area contributed by atoms with Gasteiger partial charge in [-0.1, -0.05) is 29.8 Å². The van der Waals surface area contributed by atoms with Crippen molar-refractivity contribution in [3.05, 3.63) is 65.4 Å². The molecule has 146 valence electrons. The summed E-state index contributed by atoms with van der Waals surface area (Å²) in [5.74, 6) is 1.34. The van der Waals surface area contributed by atoms with E-state index in [1.165, 1.54) is 6.33 Å². The van der Waals surface area contributed by atoms with Crippen molar-refractivity contribution < 1.29 is 0 Å². The number of H-pyrrole nitrogens is 1. The Bertz CT molecular complexity index is 1160. The summed E-state index contributed by atoms with van der Waals surface area (Å²) in [6.45, 7) is 0.428. The second-order valence-corrected chi connectivity index (χ2v) is 6.65.